The van der Waals surface area contributed by atoms with Crippen molar-refractivity contribution in [3.63, 3.8) is 0 Å². The number of hydrogen-bond donors (Lipinski definition) is 1. The van der Waals surface area contributed by atoms with Gasteiger partial charge in [0.25, 0.3) is 5.69 Å². The van der Waals surface area contributed by atoms with Gasteiger partial charge in [-0.25, -0.2) is 0 Å². The van der Waals surface area contributed by atoms with Crippen LogP contribution in [0.25, 0.3) is 5.70 Å². The lowest BCUT2D eigenvalue weighted by Crippen LogP contribution is -2.17. The maximum absolute atomic E-state index is 10.8. The highest BCUT2D eigenvalue weighted by molar-refractivity contribution is 5.86. The van der Waals surface area contributed by atoms with Gasteiger partial charge in [-0.2, -0.15) is 0 Å². The lowest BCUT2D eigenvalue weighted by molar-refractivity contribution is -0.385. The van der Waals surface area contributed by atoms with Crippen molar-refractivity contribution in [1.82, 2.24) is 5.32 Å². The van der Waals surface area contributed by atoms with Crippen LogP contribution in [0.1, 0.15) is 12.5 Å². The van der Waals surface area contributed by atoms with E-state index in [2.05, 4.69) is 11.9 Å². The molecule has 0 spiro atoms. The standard InChI is InChI=1S/C10H10N2O3/c1-7(11-8(2)13)9-5-3-4-6-10(9)12(14)15/h3-6H,1H2,2H3,(H,11,13). The second kappa shape index (κ2) is 4.36. The summed E-state index contributed by atoms with van der Waals surface area (Å²) in [7, 11) is 0. The Kier molecular flexibility index (Phi) is 3.17. The average molecular weight is 206 g/mol. The van der Waals surface area contributed by atoms with E-state index >= 15 is 0 Å². The molecule has 15 heavy (non-hydrogen) atoms. The van der Waals surface area contributed by atoms with E-state index in [0.29, 0.717) is 5.56 Å². The minimum Gasteiger partial charge on any atom is -0.326 e. The molecule has 0 aliphatic heterocycles. The summed E-state index contributed by atoms with van der Waals surface area (Å²) >= 11 is 0. The van der Waals surface area contributed by atoms with Crippen LogP contribution in [0.15, 0.2) is 30.8 Å². The molecule has 0 saturated heterocycles. The van der Waals surface area contributed by atoms with Gasteiger partial charge in [-0.05, 0) is 6.07 Å². The number of nitro benzene ring substituents is 1. The Hall–Kier alpha value is -2.17. The normalized spacial score (nSPS) is 9.40. The molecule has 0 fully saturated rings. The molecule has 0 atom stereocenters. The van der Waals surface area contributed by atoms with E-state index in [0.717, 1.165) is 0 Å². The molecule has 5 heteroatoms. The Morgan fingerprint density at radius 3 is 2.60 bits per heavy atom. The van der Waals surface area contributed by atoms with E-state index in [1.54, 1.807) is 12.1 Å². The maximum Gasteiger partial charge on any atom is 0.278 e. The summed E-state index contributed by atoms with van der Waals surface area (Å²) in [5.41, 5.74) is 0.476. The second-order valence-corrected chi connectivity index (χ2v) is 2.93. The van der Waals surface area contributed by atoms with E-state index in [4.69, 9.17) is 0 Å². The molecule has 1 N–H and O–H groups in total. The first-order chi connectivity index (χ1) is 7.02. The van der Waals surface area contributed by atoms with Gasteiger partial charge in [-0.3, -0.25) is 14.9 Å². The van der Waals surface area contributed by atoms with Crippen LogP contribution in [0.4, 0.5) is 5.69 Å². The largest absolute Gasteiger partial charge is 0.326 e. The molecule has 1 aromatic carbocycles. The Morgan fingerprint density at radius 2 is 2.07 bits per heavy atom. The molecule has 1 rings (SSSR count). The van der Waals surface area contributed by atoms with Crippen LogP contribution in [0, 0.1) is 10.1 Å². The summed E-state index contributed by atoms with van der Waals surface area (Å²) in [6.45, 7) is 4.89. The van der Waals surface area contributed by atoms with Gasteiger partial charge >= 0.3 is 0 Å². The van der Waals surface area contributed by atoms with Gasteiger partial charge in [0.2, 0.25) is 5.91 Å². The van der Waals surface area contributed by atoms with Crippen molar-refractivity contribution < 1.29 is 9.72 Å². The summed E-state index contributed by atoms with van der Waals surface area (Å²) in [4.78, 5) is 20.9. The third-order valence-corrected chi connectivity index (χ3v) is 1.75. The number of hydrogen-bond acceptors (Lipinski definition) is 3. The highest BCUT2D eigenvalue weighted by Crippen LogP contribution is 2.22. The summed E-state index contributed by atoms with van der Waals surface area (Å²) in [5, 5.41) is 13.1. The molecule has 1 aromatic rings. The second-order valence-electron chi connectivity index (χ2n) is 2.93. The van der Waals surface area contributed by atoms with E-state index in [-0.39, 0.29) is 17.3 Å². The Labute approximate surface area is 86.6 Å². The van der Waals surface area contributed by atoms with Gasteiger partial charge in [0.05, 0.1) is 10.5 Å². The number of rotatable bonds is 3. The van der Waals surface area contributed by atoms with Gasteiger partial charge < -0.3 is 5.32 Å². The predicted octanol–water partition coefficient (Wildman–Crippen LogP) is 1.70. The zero-order valence-corrected chi connectivity index (χ0v) is 8.19. The molecule has 0 radical (unpaired) electrons. The number of benzene rings is 1. The quantitative estimate of drug-likeness (QED) is 0.604. The molecule has 0 bridgehead atoms. The summed E-state index contributed by atoms with van der Waals surface area (Å²) in [6, 6.07) is 6.11. The van der Waals surface area contributed by atoms with Crippen molar-refractivity contribution in [3.05, 3.63) is 46.5 Å². The van der Waals surface area contributed by atoms with Crippen LogP contribution in [0.5, 0.6) is 0 Å². The molecule has 0 aliphatic carbocycles. The molecule has 5 nitrogen and oxygen atoms in total. The maximum atomic E-state index is 10.8. The van der Waals surface area contributed by atoms with Crippen molar-refractivity contribution in [2.45, 2.75) is 6.92 Å². The lowest BCUT2D eigenvalue weighted by atomic mass is 10.1. The van der Waals surface area contributed by atoms with Crippen molar-refractivity contribution in [1.29, 1.82) is 0 Å². The van der Waals surface area contributed by atoms with Gasteiger partial charge in [0.15, 0.2) is 0 Å². The number of nitrogens with one attached hydrogen (secondary N) is 1. The first-order valence-electron chi connectivity index (χ1n) is 4.22. The zero-order chi connectivity index (χ0) is 11.4. The zero-order valence-electron chi connectivity index (χ0n) is 8.19. The summed E-state index contributed by atoms with van der Waals surface area (Å²) in [5.74, 6) is -0.307. The van der Waals surface area contributed by atoms with Crippen LogP contribution in [-0.4, -0.2) is 10.8 Å². The van der Waals surface area contributed by atoms with Gasteiger partial charge in [-0.1, -0.05) is 18.7 Å². The fourth-order valence-corrected chi connectivity index (χ4v) is 1.17. The molecule has 0 unspecified atom stereocenters. The van der Waals surface area contributed by atoms with E-state index in [9.17, 15) is 14.9 Å². The fourth-order valence-electron chi connectivity index (χ4n) is 1.17. The molecular formula is C10H10N2O3. The number of amides is 1. The third-order valence-electron chi connectivity index (χ3n) is 1.75. The molecule has 0 aliphatic rings. The topological polar surface area (TPSA) is 72.2 Å². The molecule has 78 valence electrons. The average Bonchev–Trinajstić information content (AvgIpc) is 2.16. The predicted molar refractivity (Wildman–Crippen MR) is 55.9 cm³/mol. The van der Waals surface area contributed by atoms with Crippen LogP contribution in [0.3, 0.4) is 0 Å². The van der Waals surface area contributed by atoms with E-state index < -0.39 is 4.92 Å². The number of para-hydroxylation sites is 1. The lowest BCUT2D eigenvalue weighted by Gasteiger charge is -2.06. The van der Waals surface area contributed by atoms with Gasteiger partial charge in [0.1, 0.15) is 0 Å². The Morgan fingerprint density at radius 1 is 1.47 bits per heavy atom. The van der Waals surface area contributed by atoms with Crippen molar-refractivity contribution in [2.75, 3.05) is 0 Å². The van der Waals surface area contributed by atoms with Gasteiger partial charge in [-0.15, -0.1) is 0 Å². The number of nitro groups is 1. The fraction of sp³-hybridized carbons (Fsp3) is 0.100. The Balaban J connectivity index is 3.08. The minimum atomic E-state index is -0.512. The SMILES string of the molecule is C=C(NC(C)=O)c1ccccc1[N+](=O)[O-]. The first kappa shape index (κ1) is 10.9. The van der Waals surface area contributed by atoms with Crippen LogP contribution in [-0.2, 0) is 4.79 Å². The smallest absolute Gasteiger partial charge is 0.278 e. The highest BCUT2D eigenvalue weighted by atomic mass is 16.6. The van der Waals surface area contributed by atoms with E-state index in [1.807, 2.05) is 0 Å². The minimum absolute atomic E-state index is 0.0729. The van der Waals surface area contributed by atoms with Crippen molar-refractivity contribution in [3.8, 4) is 0 Å². The highest BCUT2D eigenvalue weighted by Gasteiger charge is 2.14. The molecule has 0 saturated carbocycles. The van der Waals surface area contributed by atoms with Crippen molar-refractivity contribution >= 4 is 17.3 Å². The van der Waals surface area contributed by atoms with Crippen molar-refractivity contribution in [2.24, 2.45) is 0 Å². The molecule has 0 heterocycles. The Bertz CT molecular complexity index is 426. The summed E-state index contributed by atoms with van der Waals surface area (Å²) < 4.78 is 0. The first-order valence-corrected chi connectivity index (χ1v) is 4.22. The van der Waals surface area contributed by atoms with Crippen LogP contribution in [0.2, 0.25) is 0 Å². The number of nitrogens with zero attached hydrogens (tertiary/aromatic N) is 1. The monoisotopic (exact) mass is 206 g/mol. The summed E-state index contributed by atoms with van der Waals surface area (Å²) in [6.07, 6.45) is 0. The van der Waals surface area contributed by atoms with Crippen LogP contribution < -0.4 is 5.32 Å². The molecule has 0 aromatic heterocycles. The molecular weight excluding hydrogens is 196 g/mol. The van der Waals surface area contributed by atoms with E-state index in [1.165, 1.54) is 19.1 Å². The molecule has 1 amide bonds. The van der Waals surface area contributed by atoms with Gasteiger partial charge in [0, 0.05) is 18.7 Å². The van der Waals surface area contributed by atoms with Crippen LogP contribution >= 0.6 is 0 Å². The number of carbonyl (C=O) groups excluding carboxylic acids is 1. The number of carbonyl (C=O) groups is 1. The third kappa shape index (κ3) is 2.63.